The van der Waals surface area contributed by atoms with Crippen LogP contribution in [0.2, 0.25) is 0 Å². The van der Waals surface area contributed by atoms with E-state index in [0.29, 0.717) is 0 Å². The minimum atomic E-state index is 0.881. The molecule has 2 aromatic carbocycles. The smallest absolute Gasteiger partial charge is 0.0404 e. The maximum absolute atomic E-state index is 3.58. The molecule has 2 heteroatoms. The van der Waals surface area contributed by atoms with E-state index in [0.717, 1.165) is 13.0 Å². The highest BCUT2D eigenvalue weighted by molar-refractivity contribution is 7.98. The Hall–Kier alpha value is -1.41. The summed E-state index contributed by atoms with van der Waals surface area (Å²) in [5, 5.41) is 3.58. The van der Waals surface area contributed by atoms with E-state index in [2.05, 4.69) is 67.9 Å². The Morgan fingerprint density at radius 1 is 1.05 bits per heavy atom. The van der Waals surface area contributed by atoms with Crippen LogP contribution in [0.1, 0.15) is 23.6 Å². The molecule has 0 aromatic heterocycles. The Labute approximate surface area is 120 Å². The van der Waals surface area contributed by atoms with Crippen LogP contribution >= 0.6 is 11.8 Å². The summed E-state index contributed by atoms with van der Waals surface area (Å²) < 4.78 is 0. The molecule has 0 saturated heterocycles. The molecule has 0 fully saturated rings. The minimum absolute atomic E-state index is 0.881. The first kappa shape index (κ1) is 14.0. The number of aryl methyl sites for hydroxylation is 2. The van der Waals surface area contributed by atoms with Gasteiger partial charge in [0.15, 0.2) is 0 Å². The second-order valence-corrected chi connectivity index (χ2v) is 5.54. The third-order valence-electron chi connectivity index (χ3n) is 3.37. The number of hydrogen-bond donors (Lipinski definition) is 1. The number of thioether (sulfide) groups is 1. The molecule has 0 heterocycles. The highest BCUT2D eigenvalue weighted by Crippen LogP contribution is 2.22. The summed E-state index contributed by atoms with van der Waals surface area (Å²) in [5.41, 5.74) is 5.32. The summed E-state index contributed by atoms with van der Waals surface area (Å²) in [5.74, 6) is 0. The van der Waals surface area contributed by atoms with Crippen LogP contribution in [0.25, 0.3) is 0 Å². The van der Waals surface area contributed by atoms with Crippen molar-refractivity contribution < 1.29 is 0 Å². The molecule has 0 radical (unpaired) electrons. The molecule has 2 aromatic rings. The van der Waals surface area contributed by atoms with Gasteiger partial charge in [-0.15, -0.1) is 11.8 Å². The number of benzene rings is 2. The lowest BCUT2D eigenvalue weighted by atomic mass is 10.1. The van der Waals surface area contributed by atoms with Gasteiger partial charge in [0.05, 0.1) is 0 Å². The monoisotopic (exact) mass is 271 g/mol. The zero-order valence-corrected chi connectivity index (χ0v) is 12.7. The van der Waals surface area contributed by atoms with Crippen molar-refractivity contribution in [3.63, 3.8) is 0 Å². The number of rotatable bonds is 5. The van der Waals surface area contributed by atoms with Crippen molar-refractivity contribution in [3.05, 3.63) is 59.2 Å². The van der Waals surface area contributed by atoms with E-state index in [9.17, 15) is 0 Å². The lowest BCUT2D eigenvalue weighted by Gasteiger charge is -2.14. The SMILES string of the molecule is CCc1cccc(C)c1NCc1ccc(SC)cc1. The van der Waals surface area contributed by atoms with Crippen LogP contribution in [-0.4, -0.2) is 6.26 Å². The van der Waals surface area contributed by atoms with E-state index in [4.69, 9.17) is 0 Å². The largest absolute Gasteiger partial charge is 0.381 e. The third-order valence-corrected chi connectivity index (χ3v) is 4.11. The lowest BCUT2D eigenvalue weighted by molar-refractivity contribution is 1.08. The molecule has 1 N–H and O–H groups in total. The highest BCUT2D eigenvalue weighted by atomic mass is 32.2. The Bertz CT molecular complexity index is 531. The Morgan fingerprint density at radius 3 is 2.42 bits per heavy atom. The molecular formula is C17H21NS. The third kappa shape index (κ3) is 3.54. The first-order valence-electron chi connectivity index (χ1n) is 6.70. The summed E-state index contributed by atoms with van der Waals surface area (Å²) in [4.78, 5) is 1.31. The van der Waals surface area contributed by atoms with Gasteiger partial charge in [-0.3, -0.25) is 0 Å². The molecule has 0 aliphatic carbocycles. The van der Waals surface area contributed by atoms with Gasteiger partial charge in [-0.2, -0.15) is 0 Å². The fourth-order valence-electron chi connectivity index (χ4n) is 2.21. The fraction of sp³-hybridized carbons (Fsp3) is 0.294. The zero-order chi connectivity index (χ0) is 13.7. The van der Waals surface area contributed by atoms with E-state index in [1.807, 2.05) is 0 Å². The van der Waals surface area contributed by atoms with Crippen LogP contribution in [0, 0.1) is 6.92 Å². The average molecular weight is 271 g/mol. The van der Waals surface area contributed by atoms with Gasteiger partial charge < -0.3 is 5.32 Å². The number of nitrogens with one attached hydrogen (secondary N) is 1. The summed E-state index contributed by atoms with van der Waals surface area (Å²) in [6.07, 6.45) is 3.17. The predicted octanol–water partition coefficient (Wildman–Crippen LogP) is 4.89. The van der Waals surface area contributed by atoms with E-state index in [-0.39, 0.29) is 0 Å². The standard InChI is InChI=1S/C17H21NS/c1-4-15-7-5-6-13(2)17(15)18-12-14-8-10-16(19-3)11-9-14/h5-11,18H,4,12H2,1-3H3. The molecule has 0 spiro atoms. The van der Waals surface area contributed by atoms with Crippen molar-refractivity contribution in [2.75, 3.05) is 11.6 Å². The Balaban J connectivity index is 2.09. The van der Waals surface area contributed by atoms with Crippen molar-refractivity contribution in [2.24, 2.45) is 0 Å². The van der Waals surface area contributed by atoms with Gasteiger partial charge in [-0.05, 0) is 48.4 Å². The van der Waals surface area contributed by atoms with E-state index < -0.39 is 0 Å². The molecule has 2 rings (SSSR count). The van der Waals surface area contributed by atoms with Gasteiger partial charge in [0.2, 0.25) is 0 Å². The Morgan fingerprint density at radius 2 is 1.79 bits per heavy atom. The van der Waals surface area contributed by atoms with Gasteiger partial charge in [-0.25, -0.2) is 0 Å². The first-order valence-corrected chi connectivity index (χ1v) is 7.92. The molecule has 0 atom stereocenters. The maximum Gasteiger partial charge on any atom is 0.0404 e. The van der Waals surface area contributed by atoms with Crippen molar-refractivity contribution in [2.45, 2.75) is 31.7 Å². The lowest BCUT2D eigenvalue weighted by Crippen LogP contribution is -2.03. The summed E-state index contributed by atoms with van der Waals surface area (Å²) >= 11 is 1.78. The van der Waals surface area contributed by atoms with Gasteiger partial charge >= 0.3 is 0 Å². The molecule has 0 aliphatic heterocycles. The second kappa shape index (κ2) is 6.67. The summed E-state index contributed by atoms with van der Waals surface area (Å²) in [6, 6.07) is 15.3. The maximum atomic E-state index is 3.58. The van der Waals surface area contributed by atoms with E-state index in [1.165, 1.54) is 27.3 Å². The topological polar surface area (TPSA) is 12.0 Å². The van der Waals surface area contributed by atoms with Crippen molar-refractivity contribution in [1.29, 1.82) is 0 Å². The zero-order valence-electron chi connectivity index (χ0n) is 11.9. The molecule has 0 saturated carbocycles. The molecule has 0 aliphatic rings. The molecule has 1 nitrogen and oxygen atoms in total. The van der Waals surface area contributed by atoms with Crippen molar-refractivity contribution >= 4 is 17.4 Å². The summed E-state index contributed by atoms with van der Waals surface area (Å²) in [6.45, 7) is 5.25. The van der Waals surface area contributed by atoms with Crippen LogP contribution in [-0.2, 0) is 13.0 Å². The van der Waals surface area contributed by atoms with Gasteiger partial charge in [-0.1, -0.05) is 37.3 Å². The molecular weight excluding hydrogens is 250 g/mol. The van der Waals surface area contributed by atoms with E-state index >= 15 is 0 Å². The van der Waals surface area contributed by atoms with Crippen LogP contribution in [0.4, 0.5) is 5.69 Å². The average Bonchev–Trinajstić information content (AvgIpc) is 2.46. The highest BCUT2D eigenvalue weighted by Gasteiger charge is 2.03. The molecule has 19 heavy (non-hydrogen) atoms. The van der Waals surface area contributed by atoms with Crippen LogP contribution < -0.4 is 5.32 Å². The number of anilines is 1. The molecule has 0 amide bonds. The second-order valence-electron chi connectivity index (χ2n) is 4.66. The van der Waals surface area contributed by atoms with Crippen LogP contribution in [0.3, 0.4) is 0 Å². The minimum Gasteiger partial charge on any atom is -0.381 e. The fourth-order valence-corrected chi connectivity index (χ4v) is 2.62. The molecule has 0 bridgehead atoms. The van der Waals surface area contributed by atoms with Crippen LogP contribution in [0.15, 0.2) is 47.4 Å². The van der Waals surface area contributed by atoms with Crippen LogP contribution in [0.5, 0.6) is 0 Å². The Kier molecular flexibility index (Phi) is 4.92. The molecule has 0 unspecified atom stereocenters. The van der Waals surface area contributed by atoms with Crippen molar-refractivity contribution in [3.8, 4) is 0 Å². The van der Waals surface area contributed by atoms with Crippen molar-refractivity contribution in [1.82, 2.24) is 0 Å². The van der Waals surface area contributed by atoms with Gasteiger partial charge in [0.25, 0.3) is 0 Å². The van der Waals surface area contributed by atoms with Gasteiger partial charge in [0, 0.05) is 17.1 Å². The number of hydrogen-bond acceptors (Lipinski definition) is 2. The van der Waals surface area contributed by atoms with E-state index in [1.54, 1.807) is 11.8 Å². The summed E-state index contributed by atoms with van der Waals surface area (Å²) in [7, 11) is 0. The first-order chi connectivity index (χ1) is 9.24. The number of para-hydroxylation sites is 1. The predicted molar refractivity (Wildman–Crippen MR) is 86.1 cm³/mol. The van der Waals surface area contributed by atoms with Gasteiger partial charge in [0.1, 0.15) is 0 Å². The quantitative estimate of drug-likeness (QED) is 0.777. The normalized spacial score (nSPS) is 10.5. The molecule has 100 valence electrons.